The van der Waals surface area contributed by atoms with Crippen molar-refractivity contribution < 1.29 is 9.53 Å². The zero-order valence-electron chi connectivity index (χ0n) is 5.67. The van der Waals surface area contributed by atoms with Crippen LogP contribution in [0.25, 0.3) is 0 Å². The number of rotatable bonds is 0. The SMILES string of the molecule is O=CC#CN1CCOCC1. The van der Waals surface area contributed by atoms with E-state index in [0.717, 1.165) is 13.1 Å². The summed E-state index contributed by atoms with van der Waals surface area (Å²) in [6.07, 6.45) is 0.607. The average Bonchev–Trinajstić information content (AvgIpc) is 2.03. The molecule has 0 aromatic heterocycles. The van der Waals surface area contributed by atoms with Crippen LogP contribution in [0.3, 0.4) is 0 Å². The van der Waals surface area contributed by atoms with Gasteiger partial charge >= 0.3 is 0 Å². The maximum Gasteiger partial charge on any atom is 0.194 e. The first-order chi connectivity index (χ1) is 4.93. The highest BCUT2D eigenvalue weighted by molar-refractivity contribution is 5.72. The molecule has 3 heteroatoms. The lowest BCUT2D eigenvalue weighted by molar-refractivity contribution is -0.103. The van der Waals surface area contributed by atoms with Crippen LogP contribution in [0.2, 0.25) is 0 Å². The number of nitrogens with zero attached hydrogens (tertiary/aromatic N) is 1. The summed E-state index contributed by atoms with van der Waals surface area (Å²) in [7, 11) is 0. The Morgan fingerprint density at radius 1 is 1.40 bits per heavy atom. The molecule has 0 aromatic rings. The smallest absolute Gasteiger partial charge is 0.194 e. The molecule has 3 nitrogen and oxygen atoms in total. The van der Waals surface area contributed by atoms with Gasteiger partial charge in [0.25, 0.3) is 0 Å². The summed E-state index contributed by atoms with van der Waals surface area (Å²) in [4.78, 5) is 11.7. The summed E-state index contributed by atoms with van der Waals surface area (Å²) >= 11 is 0. The molecule has 0 aromatic carbocycles. The van der Waals surface area contributed by atoms with Gasteiger partial charge in [-0.25, -0.2) is 0 Å². The van der Waals surface area contributed by atoms with E-state index in [4.69, 9.17) is 4.74 Å². The Balaban J connectivity index is 2.32. The first kappa shape index (κ1) is 7.10. The lowest BCUT2D eigenvalue weighted by Crippen LogP contribution is -2.32. The minimum Gasteiger partial charge on any atom is -0.378 e. The summed E-state index contributed by atoms with van der Waals surface area (Å²) in [5.41, 5.74) is 0. The molecular weight excluding hydrogens is 130 g/mol. The Morgan fingerprint density at radius 3 is 2.70 bits per heavy atom. The molecule has 0 N–H and O–H groups in total. The van der Waals surface area contributed by atoms with Gasteiger partial charge in [-0.2, -0.15) is 0 Å². The third kappa shape index (κ3) is 2.08. The van der Waals surface area contributed by atoms with Gasteiger partial charge in [0.05, 0.1) is 13.2 Å². The third-order valence-corrected chi connectivity index (χ3v) is 1.29. The summed E-state index contributed by atoms with van der Waals surface area (Å²) in [6, 6.07) is 2.71. The number of morpholine rings is 1. The summed E-state index contributed by atoms with van der Waals surface area (Å²) in [5.74, 6) is 2.36. The Hall–Kier alpha value is -1.01. The molecule has 0 bridgehead atoms. The molecule has 1 fully saturated rings. The highest BCUT2D eigenvalue weighted by atomic mass is 16.5. The maximum atomic E-state index is 9.82. The Labute approximate surface area is 60.0 Å². The van der Waals surface area contributed by atoms with Crippen LogP contribution < -0.4 is 0 Å². The van der Waals surface area contributed by atoms with E-state index < -0.39 is 0 Å². The number of ether oxygens (including phenoxy) is 1. The second-order valence-electron chi connectivity index (χ2n) is 1.97. The van der Waals surface area contributed by atoms with E-state index in [0.29, 0.717) is 19.5 Å². The van der Waals surface area contributed by atoms with E-state index in [-0.39, 0.29) is 0 Å². The monoisotopic (exact) mass is 139 g/mol. The van der Waals surface area contributed by atoms with Crippen LogP contribution in [-0.2, 0) is 9.53 Å². The van der Waals surface area contributed by atoms with E-state index in [2.05, 4.69) is 12.0 Å². The minimum atomic E-state index is 0.607. The molecule has 0 spiro atoms. The molecule has 1 heterocycles. The van der Waals surface area contributed by atoms with Crippen LogP contribution in [0.4, 0.5) is 0 Å². The normalized spacial score (nSPS) is 17.4. The molecule has 1 rings (SSSR count). The number of aldehydes is 1. The van der Waals surface area contributed by atoms with Crippen molar-refractivity contribution in [2.24, 2.45) is 0 Å². The van der Waals surface area contributed by atoms with Gasteiger partial charge in [-0.3, -0.25) is 4.79 Å². The quantitative estimate of drug-likeness (QED) is 0.334. The van der Waals surface area contributed by atoms with Crippen LogP contribution in [0, 0.1) is 12.0 Å². The Morgan fingerprint density at radius 2 is 2.10 bits per heavy atom. The van der Waals surface area contributed by atoms with Crippen LogP contribution in [0.5, 0.6) is 0 Å². The lowest BCUT2D eigenvalue weighted by atomic mass is 10.4. The maximum absolute atomic E-state index is 9.82. The van der Waals surface area contributed by atoms with E-state index in [1.54, 1.807) is 0 Å². The highest BCUT2D eigenvalue weighted by Gasteiger charge is 2.04. The molecule has 54 valence electrons. The molecule has 1 aliphatic heterocycles. The van der Waals surface area contributed by atoms with Crippen molar-refractivity contribution in [1.29, 1.82) is 0 Å². The fraction of sp³-hybridized carbons (Fsp3) is 0.571. The zero-order chi connectivity index (χ0) is 7.23. The summed E-state index contributed by atoms with van der Waals surface area (Å²) in [6.45, 7) is 3.04. The molecule has 0 unspecified atom stereocenters. The van der Waals surface area contributed by atoms with E-state index in [1.807, 2.05) is 4.90 Å². The van der Waals surface area contributed by atoms with E-state index in [9.17, 15) is 4.79 Å². The molecular formula is C7H9NO2. The van der Waals surface area contributed by atoms with Crippen LogP contribution >= 0.6 is 0 Å². The van der Waals surface area contributed by atoms with Gasteiger partial charge in [-0.05, 0) is 5.92 Å². The number of carbonyl (C=O) groups excluding carboxylic acids is 1. The first-order valence-corrected chi connectivity index (χ1v) is 3.21. The van der Waals surface area contributed by atoms with Crippen molar-refractivity contribution in [2.75, 3.05) is 26.3 Å². The van der Waals surface area contributed by atoms with Crippen molar-refractivity contribution in [2.45, 2.75) is 0 Å². The second kappa shape index (κ2) is 3.91. The standard InChI is InChI=1S/C7H9NO2/c9-5-1-2-8-3-6-10-7-4-8/h5H,3-4,6-7H2. The third-order valence-electron chi connectivity index (χ3n) is 1.29. The molecule has 1 aliphatic rings. The van der Waals surface area contributed by atoms with Crippen molar-refractivity contribution in [3.63, 3.8) is 0 Å². The van der Waals surface area contributed by atoms with Gasteiger partial charge in [0, 0.05) is 19.1 Å². The largest absolute Gasteiger partial charge is 0.378 e. The lowest BCUT2D eigenvalue weighted by Gasteiger charge is -2.22. The van der Waals surface area contributed by atoms with Gasteiger partial charge < -0.3 is 9.64 Å². The number of carbonyl (C=O) groups is 1. The average molecular weight is 139 g/mol. The summed E-state index contributed by atoms with van der Waals surface area (Å²) in [5, 5.41) is 0. The Kier molecular flexibility index (Phi) is 2.78. The topological polar surface area (TPSA) is 29.5 Å². The molecule has 0 aliphatic carbocycles. The zero-order valence-corrected chi connectivity index (χ0v) is 5.67. The van der Waals surface area contributed by atoms with Crippen LogP contribution in [-0.4, -0.2) is 37.5 Å². The van der Waals surface area contributed by atoms with Gasteiger partial charge in [0.2, 0.25) is 0 Å². The molecule has 0 radical (unpaired) electrons. The van der Waals surface area contributed by atoms with Gasteiger partial charge in [-0.1, -0.05) is 0 Å². The molecule has 0 atom stereocenters. The van der Waals surface area contributed by atoms with Crippen LogP contribution in [0.15, 0.2) is 0 Å². The van der Waals surface area contributed by atoms with Gasteiger partial charge in [0.15, 0.2) is 6.29 Å². The van der Waals surface area contributed by atoms with E-state index >= 15 is 0 Å². The molecule has 0 saturated carbocycles. The van der Waals surface area contributed by atoms with Crippen molar-refractivity contribution in [1.82, 2.24) is 4.90 Å². The highest BCUT2D eigenvalue weighted by Crippen LogP contribution is 1.92. The fourth-order valence-electron chi connectivity index (χ4n) is 0.793. The van der Waals surface area contributed by atoms with Gasteiger partial charge in [0.1, 0.15) is 0 Å². The predicted molar refractivity (Wildman–Crippen MR) is 36.2 cm³/mol. The molecule has 0 amide bonds. The first-order valence-electron chi connectivity index (χ1n) is 3.21. The predicted octanol–water partition coefficient (Wildman–Crippen LogP) is -0.522. The summed E-state index contributed by atoms with van der Waals surface area (Å²) < 4.78 is 5.08. The minimum absolute atomic E-state index is 0.607. The Bertz CT molecular complexity index is 162. The second-order valence-corrected chi connectivity index (χ2v) is 1.97. The van der Waals surface area contributed by atoms with Crippen molar-refractivity contribution >= 4 is 6.29 Å². The molecule has 10 heavy (non-hydrogen) atoms. The van der Waals surface area contributed by atoms with Crippen molar-refractivity contribution in [3.05, 3.63) is 0 Å². The van der Waals surface area contributed by atoms with Crippen molar-refractivity contribution in [3.8, 4) is 12.0 Å². The van der Waals surface area contributed by atoms with E-state index in [1.165, 1.54) is 0 Å². The number of hydrogen-bond acceptors (Lipinski definition) is 3. The molecule has 1 saturated heterocycles. The van der Waals surface area contributed by atoms with Crippen LogP contribution in [0.1, 0.15) is 0 Å². The number of hydrogen-bond donors (Lipinski definition) is 0. The van der Waals surface area contributed by atoms with Gasteiger partial charge in [-0.15, -0.1) is 0 Å². The fourth-order valence-corrected chi connectivity index (χ4v) is 0.793.